The molecular formula is C13H16Cl3NO3. The predicted octanol–water partition coefficient (Wildman–Crippen LogP) is 4.50. The monoisotopic (exact) mass is 339 g/mol. The summed E-state index contributed by atoms with van der Waals surface area (Å²) in [6, 6.07) is 3.10. The maximum absolute atomic E-state index is 11.5. The Bertz CT molecular complexity index is 445. The van der Waals surface area contributed by atoms with Crippen molar-refractivity contribution in [3.05, 3.63) is 27.2 Å². The van der Waals surface area contributed by atoms with Crippen molar-refractivity contribution in [2.75, 3.05) is 26.8 Å². The summed E-state index contributed by atoms with van der Waals surface area (Å²) in [5.74, 6) is 0.360. The van der Waals surface area contributed by atoms with Crippen molar-refractivity contribution in [1.82, 2.24) is 4.90 Å². The van der Waals surface area contributed by atoms with Crippen LogP contribution in [0.2, 0.25) is 15.1 Å². The van der Waals surface area contributed by atoms with Crippen molar-refractivity contribution < 1.29 is 14.3 Å². The van der Waals surface area contributed by atoms with Crippen molar-refractivity contribution >= 4 is 40.9 Å². The molecule has 1 aromatic carbocycles. The number of hydrogen-bond donors (Lipinski definition) is 0. The number of methoxy groups -OCH3 is 1. The average molecular weight is 341 g/mol. The Morgan fingerprint density at radius 1 is 1.20 bits per heavy atom. The summed E-state index contributed by atoms with van der Waals surface area (Å²) in [5.41, 5.74) is 0. The second-order valence-electron chi connectivity index (χ2n) is 4.00. The van der Waals surface area contributed by atoms with Crippen LogP contribution in [-0.4, -0.2) is 37.8 Å². The van der Waals surface area contributed by atoms with Gasteiger partial charge in [0, 0.05) is 11.6 Å². The molecule has 20 heavy (non-hydrogen) atoms. The smallest absolute Gasteiger partial charge is 0.409 e. The van der Waals surface area contributed by atoms with Gasteiger partial charge in [0.15, 0.2) is 5.75 Å². The molecule has 1 aromatic rings. The van der Waals surface area contributed by atoms with Gasteiger partial charge in [-0.2, -0.15) is 0 Å². The fraction of sp³-hybridized carbons (Fsp3) is 0.462. The molecule has 0 saturated heterocycles. The Balaban J connectivity index is 2.61. The van der Waals surface area contributed by atoms with Crippen LogP contribution in [-0.2, 0) is 4.74 Å². The number of carbonyl (C=O) groups is 1. The highest BCUT2D eigenvalue weighted by Crippen LogP contribution is 2.35. The summed E-state index contributed by atoms with van der Waals surface area (Å²) >= 11 is 17.8. The summed E-state index contributed by atoms with van der Waals surface area (Å²) in [6.07, 6.45) is 0.445. The van der Waals surface area contributed by atoms with E-state index in [-0.39, 0.29) is 12.7 Å². The van der Waals surface area contributed by atoms with Crippen LogP contribution in [0.15, 0.2) is 12.1 Å². The third kappa shape index (κ3) is 4.93. The molecule has 0 aliphatic carbocycles. The van der Waals surface area contributed by atoms with E-state index in [4.69, 9.17) is 44.3 Å². The van der Waals surface area contributed by atoms with E-state index in [9.17, 15) is 4.79 Å². The molecule has 0 atom stereocenters. The molecule has 0 saturated carbocycles. The highest BCUT2D eigenvalue weighted by atomic mass is 35.5. The first-order valence-electron chi connectivity index (χ1n) is 6.09. The van der Waals surface area contributed by atoms with Crippen molar-refractivity contribution in [2.45, 2.75) is 13.3 Å². The van der Waals surface area contributed by atoms with E-state index < -0.39 is 0 Å². The molecular weight excluding hydrogens is 325 g/mol. The number of nitrogens with zero attached hydrogens (tertiary/aromatic N) is 1. The molecule has 0 aliphatic rings. The van der Waals surface area contributed by atoms with Crippen LogP contribution < -0.4 is 4.74 Å². The summed E-state index contributed by atoms with van der Waals surface area (Å²) < 4.78 is 10.2. The van der Waals surface area contributed by atoms with E-state index in [0.717, 1.165) is 6.42 Å². The van der Waals surface area contributed by atoms with Gasteiger partial charge in [-0.25, -0.2) is 4.79 Å². The molecule has 0 aromatic heterocycles. The van der Waals surface area contributed by atoms with Gasteiger partial charge >= 0.3 is 6.09 Å². The lowest BCUT2D eigenvalue weighted by atomic mass is 10.3. The van der Waals surface area contributed by atoms with Gasteiger partial charge in [0.2, 0.25) is 0 Å². The lowest BCUT2D eigenvalue weighted by Gasteiger charge is -2.20. The molecule has 0 spiro atoms. The Morgan fingerprint density at radius 3 is 2.30 bits per heavy atom. The largest absolute Gasteiger partial charge is 0.489 e. The van der Waals surface area contributed by atoms with E-state index in [1.165, 1.54) is 7.11 Å². The van der Waals surface area contributed by atoms with Gasteiger partial charge in [-0.1, -0.05) is 41.7 Å². The van der Waals surface area contributed by atoms with Crippen molar-refractivity contribution in [3.63, 3.8) is 0 Å². The maximum atomic E-state index is 11.5. The molecule has 1 rings (SSSR count). The van der Waals surface area contributed by atoms with Crippen LogP contribution in [0.4, 0.5) is 4.79 Å². The van der Waals surface area contributed by atoms with Crippen LogP contribution in [0.25, 0.3) is 0 Å². The van der Waals surface area contributed by atoms with Gasteiger partial charge in [0.1, 0.15) is 6.61 Å². The molecule has 0 unspecified atom stereocenters. The third-order valence-electron chi connectivity index (χ3n) is 2.50. The number of carbonyl (C=O) groups excluding carboxylic acids is 1. The van der Waals surface area contributed by atoms with Crippen molar-refractivity contribution in [3.8, 4) is 5.75 Å². The molecule has 0 N–H and O–H groups in total. The molecule has 0 fully saturated rings. The van der Waals surface area contributed by atoms with Crippen LogP contribution in [0.1, 0.15) is 13.3 Å². The van der Waals surface area contributed by atoms with Crippen LogP contribution in [0, 0.1) is 0 Å². The van der Waals surface area contributed by atoms with E-state index in [2.05, 4.69) is 0 Å². The lowest BCUT2D eigenvalue weighted by Crippen LogP contribution is -2.35. The standard InChI is InChI=1S/C13H16Cl3NO3/c1-3-4-17(13(18)19-2)5-6-20-12-10(15)7-9(14)8-11(12)16/h7-8H,3-6H2,1-2H3. The summed E-state index contributed by atoms with van der Waals surface area (Å²) in [6.45, 7) is 3.22. The first-order chi connectivity index (χ1) is 9.49. The number of halogens is 3. The quantitative estimate of drug-likeness (QED) is 0.765. The second-order valence-corrected chi connectivity index (χ2v) is 5.25. The van der Waals surface area contributed by atoms with Gasteiger partial charge in [0.05, 0.1) is 23.7 Å². The Labute approximate surface area is 133 Å². The van der Waals surface area contributed by atoms with E-state index in [1.54, 1.807) is 17.0 Å². The van der Waals surface area contributed by atoms with Crippen molar-refractivity contribution in [2.24, 2.45) is 0 Å². The summed E-state index contributed by atoms with van der Waals surface area (Å²) in [7, 11) is 1.35. The van der Waals surface area contributed by atoms with Crippen molar-refractivity contribution in [1.29, 1.82) is 0 Å². The minimum Gasteiger partial charge on any atom is -0.489 e. The van der Waals surface area contributed by atoms with Gasteiger partial charge < -0.3 is 14.4 Å². The first kappa shape index (κ1) is 17.2. The van der Waals surface area contributed by atoms with E-state index >= 15 is 0 Å². The van der Waals surface area contributed by atoms with Gasteiger partial charge in [0.25, 0.3) is 0 Å². The number of rotatable bonds is 6. The maximum Gasteiger partial charge on any atom is 0.409 e. The summed E-state index contributed by atoms with van der Waals surface area (Å²) in [5, 5.41) is 1.11. The summed E-state index contributed by atoms with van der Waals surface area (Å²) in [4.78, 5) is 13.1. The topological polar surface area (TPSA) is 38.8 Å². The van der Waals surface area contributed by atoms with Gasteiger partial charge in [-0.3, -0.25) is 0 Å². The number of ether oxygens (including phenoxy) is 2. The normalized spacial score (nSPS) is 10.2. The molecule has 0 bridgehead atoms. The van der Waals surface area contributed by atoms with Gasteiger partial charge in [-0.05, 0) is 18.6 Å². The number of benzene rings is 1. The zero-order chi connectivity index (χ0) is 15.1. The van der Waals surface area contributed by atoms with Crippen LogP contribution in [0.3, 0.4) is 0 Å². The number of hydrogen-bond acceptors (Lipinski definition) is 3. The van der Waals surface area contributed by atoms with E-state index in [1.807, 2.05) is 6.92 Å². The fourth-order valence-electron chi connectivity index (χ4n) is 1.62. The zero-order valence-corrected chi connectivity index (χ0v) is 13.6. The SMILES string of the molecule is CCCN(CCOc1c(Cl)cc(Cl)cc1Cl)C(=O)OC. The van der Waals surface area contributed by atoms with Crippen LogP contribution >= 0.6 is 34.8 Å². The fourth-order valence-corrected chi connectivity index (χ4v) is 2.54. The minimum absolute atomic E-state index is 0.260. The lowest BCUT2D eigenvalue weighted by molar-refractivity contribution is 0.115. The minimum atomic E-state index is -0.385. The Kier molecular flexibility index (Phi) is 7.27. The molecule has 112 valence electrons. The molecule has 4 nitrogen and oxygen atoms in total. The third-order valence-corrected chi connectivity index (χ3v) is 3.28. The highest BCUT2D eigenvalue weighted by Gasteiger charge is 2.14. The van der Waals surface area contributed by atoms with Crippen LogP contribution in [0.5, 0.6) is 5.75 Å². The molecule has 0 aliphatic heterocycles. The molecule has 0 radical (unpaired) electrons. The second kappa shape index (κ2) is 8.45. The zero-order valence-electron chi connectivity index (χ0n) is 11.3. The molecule has 7 heteroatoms. The highest BCUT2D eigenvalue weighted by molar-refractivity contribution is 6.40. The average Bonchev–Trinajstić information content (AvgIpc) is 2.39. The number of amides is 1. The van der Waals surface area contributed by atoms with Gasteiger partial charge in [-0.15, -0.1) is 0 Å². The van der Waals surface area contributed by atoms with E-state index in [0.29, 0.717) is 33.9 Å². The predicted molar refractivity (Wildman–Crippen MR) is 81.2 cm³/mol. The molecule has 0 heterocycles. The Hall–Kier alpha value is -0.840. The molecule has 1 amide bonds. The Morgan fingerprint density at radius 2 is 1.80 bits per heavy atom. The first-order valence-corrected chi connectivity index (χ1v) is 7.23.